The SMILES string of the molecule is COc1ccccc1CNc1nc2nc3c(c(=O)n2[nH]1)CCCC3. The molecule has 3 aromatic rings. The Morgan fingerprint density at radius 2 is 2.08 bits per heavy atom. The van der Waals surface area contributed by atoms with E-state index in [-0.39, 0.29) is 5.56 Å². The van der Waals surface area contributed by atoms with E-state index in [0.29, 0.717) is 18.3 Å². The number of aromatic nitrogens is 4. The molecule has 0 unspecified atom stereocenters. The maximum Gasteiger partial charge on any atom is 0.277 e. The van der Waals surface area contributed by atoms with Crippen molar-refractivity contribution >= 4 is 11.7 Å². The molecule has 7 nitrogen and oxygen atoms in total. The van der Waals surface area contributed by atoms with Gasteiger partial charge in [-0.1, -0.05) is 18.2 Å². The summed E-state index contributed by atoms with van der Waals surface area (Å²) in [7, 11) is 1.65. The number of para-hydroxylation sites is 1. The van der Waals surface area contributed by atoms with E-state index in [0.717, 1.165) is 48.3 Å². The summed E-state index contributed by atoms with van der Waals surface area (Å²) < 4.78 is 6.77. The lowest BCUT2D eigenvalue weighted by molar-refractivity contribution is 0.410. The van der Waals surface area contributed by atoms with Crippen LogP contribution in [0.15, 0.2) is 29.1 Å². The van der Waals surface area contributed by atoms with E-state index in [1.165, 1.54) is 4.52 Å². The van der Waals surface area contributed by atoms with Crippen LogP contribution in [0.25, 0.3) is 5.78 Å². The molecular weight excluding hydrogens is 306 g/mol. The van der Waals surface area contributed by atoms with E-state index in [4.69, 9.17) is 4.74 Å². The molecule has 0 fully saturated rings. The van der Waals surface area contributed by atoms with Crippen LogP contribution in [0.2, 0.25) is 0 Å². The number of nitrogens with one attached hydrogen (secondary N) is 2. The van der Waals surface area contributed by atoms with Crippen molar-refractivity contribution in [3.63, 3.8) is 0 Å². The number of ether oxygens (including phenoxy) is 1. The second-order valence-electron chi connectivity index (χ2n) is 5.92. The van der Waals surface area contributed by atoms with Crippen molar-refractivity contribution in [3.05, 3.63) is 51.4 Å². The maximum absolute atomic E-state index is 12.6. The standard InChI is InChI=1S/C17H19N5O2/c1-24-14-9-5-2-6-11(14)10-18-16-20-17-19-13-8-4-3-7-12(13)15(23)22(17)21-16/h2,5-6,9H,3-4,7-8,10H2,1H3,(H2,18,19,20,21). The van der Waals surface area contributed by atoms with Gasteiger partial charge in [0.25, 0.3) is 11.3 Å². The largest absolute Gasteiger partial charge is 0.496 e. The van der Waals surface area contributed by atoms with Crippen LogP contribution in [-0.4, -0.2) is 26.7 Å². The van der Waals surface area contributed by atoms with Gasteiger partial charge in [-0.3, -0.25) is 9.89 Å². The summed E-state index contributed by atoms with van der Waals surface area (Å²) in [4.78, 5) is 21.5. The van der Waals surface area contributed by atoms with Crippen LogP contribution in [0.5, 0.6) is 5.75 Å². The number of rotatable bonds is 4. The predicted molar refractivity (Wildman–Crippen MR) is 90.6 cm³/mol. The third-order valence-corrected chi connectivity index (χ3v) is 4.40. The van der Waals surface area contributed by atoms with Gasteiger partial charge in [0.05, 0.1) is 12.8 Å². The molecule has 0 amide bonds. The molecule has 2 N–H and O–H groups in total. The van der Waals surface area contributed by atoms with Gasteiger partial charge in [0.15, 0.2) is 0 Å². The van der Waals surface area contributed by atoms with Crippen molar-refractivity contribution in [2.45, 2.75) is 32.2 Å². The molecule has 2 heterocycles. The zero-order valence-electron chi connectivity index (χ0n) is 13.5. The van der Waals surface area contributed by atoms with Gasteiger partial charge in [0.2, 0.25) is 5.95 Å². The normalized spacial score (nSPS) is 13.7. The van der Waals surface area contributed by atoms with Crippen LogP contribution in [0.1, 0.15) is 29.7 Å². The molecule has 1 aliphatic carbocycles. The van der Waals surface area contributed by atoms with Crippen molar-refractivity contribution in [1.29, 1.82) is 0 Å². The van der Waals surface area contributed by atoms with E-state index in [1.54, 1.807) is 7.11 Å². The highest BCUT2D eigenvalue weighted by atomic mass is 16.5. The molecule has 1 aromatic carbocycles. The van der Waals surface area contributed by atoms with Crippen LogP contribution in [0, 0.1) is 0 Å². The number of nitrogens with zero attached hydrogens (tertiary/aromatic N) is 3. The van der Waals surface area contributed by atoms with Gasteiger partial charge in [0.1, 0.15) is 5.75 Å². The fourth-order valence-corrected chi connectivity index (χ4v) is 3.15. The van der Waals surface area contributed by atoms with Crippen molar-refractivity contribution in [2.24, 2.45) is 0 Å². The highest BCUT2D eigenvalue weighted by Crippen LogP contribution is 2.19. The van der Waals surface area contributed by atoms with E-state index in [9.17, 15) is 4.79 Å². The second kappa shape index (κ2) is 5.99. The first-order valence-corrected chi connectivity index (χ1v) is 8.12. The fraction of sp³-hybridized carbons (Fsp3) is 0.353. The Bertz CT molecular complexity index is 944. The smallest absolute Gasteiger partial charge is 0.277 e. The van der Waals surface area contributed by atoms with Gasteiger partial charge in [-0.05, 0) is 31.7 Å². The molecule has 24 heavy (non-hydrogen) atoms. The summed E-state index contributed by atoms with van der Waals surface area (Å²) in [5, 5.41) is 6.20. The summed E-state index contributed by atoms with van der Waals surface area (Å²) >= 11 is 0. The molecule has 0 spiro atoms. The van der Waals surface area contributed by atoms with Crippen LogP contribution in [0.3, 0.4) is 0 Å². The van der Waals surface area contributed by atoms with Crippen molar-refractivity contribution in [3.8, 4) is 5.75 Å². The molecule has 1 aliphatic rings. The minimum absolute atomic E-state index is 0.0347. The van der Waals surface area contributed by atoms with E-state index in [1.807, 2.05) is 24.3 Å². The Kier molecular flexibility index (Phi) is 3.68. The summed E-state index contributed by atoms with van der Waals surface area (Å²) in [6.45, 7) is 0.540. The molecular formula is C17H19N5O2. The zero-order valence-corrected chi connectivity index (χ0v) is 13.5. The highest BCUT2D eigenvalue weighted by Gasteiger charge is 2.18. The molecule has 4 rings (SSSR count). The summed E-state index contributed by atoms with van der Waals surface area (Å²) in [6.07, 6.45) is 3.78. The predicted octanol–water partition coefficient (Wildman–Crippen LogP) is 1.92. The molecule has 2 aromatic heterocycles. The number of hydrogen-bond donors (Lipinski definition) is 2. The van der Waals surface area contributed by atoms with Crippen molar-refractivity contribution in [2.75, 3.05) is 12.4 Å². The first kappa shape index (κ1) is 14.7. The lowest BCUT2D eigenvalue weighted by Crippen LogP contribution is -2.25. The number of methoxy groups -OCH3 is 1. The monoisotopic (exact) mass is 325 g/mol. The zero-order chi connectivity index (χ0) is 16.5. The topological polar surface area (TPSA) is 84.3 Å². The van der Waals surface area contributed by atoms with Gasteiger partial charge in [-0.15, -0.1) is 0 Å². The summed E-state index contributed by atoms with van der Waals surface area (Å²) in [5.74, 6) is 1.75. The highest BCUT2D eigenvalue weighted by molar-refractivity contribution is 5.42. The fourth-order valence-electron chi connectivity index (χ4n) is 3.15. The molecule has 0 atom stereocenters. The second-order valence-corrected chi connectivity index (χ2v) is 5.92. The number of hydrogen-bond acceptors (Lipinski definition) is 5. The molecule has 0 radical (unpaired) electrons. The molecule has 124 valence electrons. The van der Waals surface area contributed by atoms with Gasteiger partial charge < -0.3 is 10.1 Å². The number of benzene rings is 1. The Balaban J connectivity index is 1.64. The average molecular weight is 325 g/mol. The first-order chi connectivity index (χ1) is 11.8. The van der Waals surface area contributed by atoms with Crippen LogP contribution in [-0.2, 0) is 19.4 Å². The summed E-state index contributed by atoms with van der Waals surface area (Å²) in [6, 6.07) is 7.78. The Labute approximate surface area is 138 Å². The molecule has 0 bridgehead atoms. The van der Waals surface area contributed by atoms with Crippen LogP contribution in [0.4, 0.5) is 5.95 Å². The lowest BCUT2D eigenvalue weighted by atomic mass is 9.97. The molecule has 7 heteroatoms. The lowest BCUT2D eigenvalue weighted by Gasteiger charge is -2.12. The Hall–Kier alpha value is -2.83. The molecule has 0 aliphatic heterocycles. The first-order valence-electron chi connectivity index (χ1n) is 8.12. The number of H-pyrrole nitrogens is 1. The maximum atomic E-state index is 12.6. The van der Waals surface area contributed by atoms with Gasteiger partial charge >= 0.3 is 0 Å². The van der Waals surface area contributed by atoms with Gasteiger partial charge in [0, 0.05) is 17.7 Å². The quantitative estimate of drug-likeness (QED) is 0.765. The van der Waals surface area contributed by atoms with Gasteiger partial charge in [-0.2, -0.15) is 9.50 Å². The molecule has 0 saturated carbocycles. The summed E-state index contributed by atoms with van der Waals surface area (Å²) in [5.41, 5.74) is 2.69. The third-order valence-electron chi connectivity index (χ3n) is 4.40. The van der Waals surface area contributed by atoms with Crippen LogP contribution < -0.4 is 15.6 Å². The van der Waals surface area contributed by atoms with Crippen molar-refractivity contribution in [1.82, 2.24) is 19.6 Å². The van der Waals surface area contributed by atoms with Crippen LogP contribution >= 0.6 is 0 Å². The molecule has 0 saturated heterocycles. The Morgan fingerprint density at radius 1 is 1.25 bits per heavy atom. The number of anilines is 1. The van der Waals surface area contributed by atoms with E-state index in [2.05, 4.69) is 20.4 Å². The number of aryl methyl sites for hydroxylation is 1. The minimum atomic E-state index is -0.0347. The average Bonchev–Trinajstić information content (AvgIpc) is 3.03. The van der Waals surface area contributed by atoms with Crippen molar-refractivity contribution < 1.29 is 4.74 Å². The van der Waals surface area contributed by atoms with Gasteiger partial charge in [-0.25, -0.2) is 4.98 Å². The Morgan fingerprint density at radius 3 is 2.96 bits per heavy atom. The third kappa shape index (κ3) is 2.51. The number of fused-ring (bicyclic) bond motifs is 2. The number of aromatic amines is 1. The minimum Gasteiger partial charge on any atom is -0.496 e. The van der Waals surface area contributed by atoms with E-state index >= 15 is 0 Å². The van der Waals surface area contributed by atoms with E-state index < -0.39 is 0 Å².